The van der Waals surface area contributed by atoms with Crippen molar-refractivity contribution in [1.82, 2.24) is 15.1 Å². The van der Waals surface area contributed by atoms with Gasteiger partial charge in [-0.15, -0.1) is 0 Å². The van der Waals surface area contributed by atoms with Gasteiger partial charge in [0.25, 0.3) is 5.91 Å². The maximum atomic E-state index is 12.9. The largest absolute Gasteiger partial charge is 0.493 e. The number of aromatic nitrogens is 2. The maximum absolute atomic E-state index is 12.9. The van der Waals surface area contributed by atoms with Gasteiger partial charge < -0.3 is 24.3 Å². The number of benzene rings is 3. The molecule has 200 valence electrons. The van der Waals surface area contributed by atoms with Gasteiger partial charge in [0.1, 0.15) is 11.3 Å². The third-order valence-corrected chi connectivity index (χ3v) is 5.78. The number of carbonyl (C=O) groups excluding carboxylic acids is 3. The Labute approximate surface area is 225 Å². The minimum atomic E-state index is -0.762. The van der Waals surface area contributed by atoms with E-state index in [0.717, 1.165) is 5.56 Å². The molecule has 0 aliphatic carbocycles. The van der Waals surface area contributed by atoms with Crippen LogP contribution in [0.1, 0.15) is 26.4 Å². The number of hydrogen-bond donors (Lipinski definition) is 1. The van der Waals surface area contributed by atoms with Crippen molar-refractivity contribution in [3.8, 4) is 28.4 Å². The lowest BCUT2D eigenvalue weighted by atomic mass is 10.0. The molecule has 0 bridgehead atoms. The molecular formula is C29H27N3O7. The lowest BCUT2D eigenvalue weighted by Crippen LogP contribution is -2.28. The Morgan fingerprint density at radius 1 is 0.821 bits per heavy atom. The highest BCUT2D eigenvalue weighted by Gasteiger charge is 2.31. The van der Waals surface area contributed by atoms with E-state index in [4.69, 9.17) is 18.9 Å². The predicted molar refractivity (Wildman–Crippen MR) is 142 cm³/mol. The normalized spacial score (nSPS) is 10.4. The van der Waals surface area contributed by atoms with Gasteiger partial charge >= 0.3 is 11.9 Å². The second-order valence-corrected chi connectivity index (χ2v) is 8.22. The third kappa shape index (κ3) is 6.07. The maximum Gasteiger partial charge on any atom is 0.357 e. The average molecular weight is 530 g/mol. The first-order valence-electron chi connectivity index (χ1n) is 11.9. The number of hydrogen-bond acceptors (Lipinski definition) is 8. The van der Waals surface area contributed by atoms with Crippen LogP contribution in [0.4, 0.5) is 0 Å². The Morgan fingerprint density at radius 2 is 1.49 bits per heavy atom. The Hall–Kier alpha value is -5.12. The van der Waals surface area contributed by atoms with Gasteiger partial charge in [-0.25, -0.2) is 14.3 Å². The van der Waals surface area contributed by atoms with Crippen molar-refractivity contribution in [2.24, 2.45) is 0 Å². The number of esters is 2. The molecule has 4 aromatic rings. The molecule has 1 amide bonds. The molecule has 0 unspecified atom stereocenters. The summed E-state index contributed by atoms with van der Waals surface area (Å²) in [6, 6.07) is 23.2. The number of nitrogens with zero attached hydrogens (tertiary/aromatic N) is 2. The SMILES string of the molecule is COC(=O)c1c(-c2ccc(OCC(=O)NCc3ccccc3)c(OC)c2)nn(-c2ccccc2)c1C(=O)OC. The fourth-order valence-corrected chi connectivity index (χ4v) is 3.88. The van der Waals surface area contributed by atoms with E-state index < -0.39 is 11.9 Å². The molecular weight excluding hydrogens is 502 g/mol. The summed E-state index contributed by atoms with van der Waals surface area (Å²) in [7, 11) is 3.88. The number of para-hydroxylation sites is 1. The molecule has 1 aromatic heterocycles. The smallest absolute Gasteiger partial charge is 0.357 e. The summed E-state index contributed by atoms with van der Waals surface area (Å²) < 4.78 is 22.5. The molecule has 3 aromatic carbocycles. The average Bonchev–Trinajstić information content (AvgIpc) is 3.39. The molecule has 0 atom stereocenters. The number of amides is 1. The Morgan fingerprint density at radius 3 is 2.13 bits per heavy atom. The molecule has 0 spiro atoms. The fourth-order valence-electron chi connectivity index (χ4n) is 3.88. The Balaban J connectivity index is 1.65. The third-order valence-electron chi connectivity index (χ3n) is 5.78. The topological polar surface area (TPSA) is 118 Å². The molecule has 39 heavy (non-hydrogen) atoms. The molecule has 0 fully saturated rings. The predicted octanol–water partition coefficient (Wildman–Crippen LogP) is 3.82. The molecule has 0 aliphatic rings. The van der Waals surface area contributed by atoms with Gasteiger partial charge in [0, 0.05) is 12.1 Å². The van der Waals surface area contributed by atoms with Crippen LogP contribution in [0.2, 0.25) is 0 Å². The second-order valence-electron chi connectivity index (χ2n) is 8.22. The molecule has 0 aliphatic heterocycles. The van der Waals surface area contributed by atoms with Gasteiger partial charge in [-0.2, -0.15) is 5.10 Å². The monoisotopic (exact) mass is 529 g/mol. The van der Waals surface area contributed by atoms with Gasteiger partial charge in [-0.3, -0.25) is 4.79 Å². The van der Waals surface area contributed by atoms with E-state index in [2.05, 4.69) is 10.4 Å². The Bertz CT molecular complexity index is 1470. The zero-order valence-electron chi connectivity index (χ0n) is 21.7. The van der Waals surface area contributed by atoms with Crippen molar-refractivity contribution in [3.63, 3.8) is 0 Å². The molecule has 10 heteroatoms. The van der Waals surface area contributed by atoms with Crippen molar-refractivity contribution in [2.45, 2.75) is 6.54 Å². The van der Waals surface area contributed by atoms with Crippen LogP contribution in [0.25, 0.3) is 16.9 Å². The minimum Gasteiger partial charge on any atom is -0.493 e. The van der Waals surface area contributed by atoms with Crippen molar-refractivity contribution in [2.75, 3.05) is 27.9 Å². The highest BCUT2D eigenvalue weighted by Crippen LogP contribution is 2.35. The van der Waals surface area contributed by atoms with E-state index in [0.29, 0.717) is 29.3 Å². The zero-order valence-corrected chi connectivity index (χ0v) is 21.7. The number of carbonyl (C=O) groups is 3. The van der Waals surface area contributed by atoms with E-state index in [1.807, 2.05) is 36.4 Å². The van der Waals surface area contributed by atoms with Crippen LogP contribution in [-0.4, -0.2) is 55.6 Å². The highest BCUT2D eigenvalue weighted by molar-refractivity contribution is 6.07. The van der Waals surface area contributed by atoms with Gasteiger partial charge in [-0.1, -0.05) is 48.5 Å². The van der Waals surface area contributed by atoms with Crippen LogP contribution >= 0.6 is 0 Å². The van der Waals surface area contributed by atoms with Crippen LogP contribution in [-0.2, 0) is 20.8 Å². The molecule has 0 radical (unpaired) electrons. The van der Waals surface area contributed by atoms with E-state index in [1.54, 1.807) is 42.5 Å². The number of nitrogens with one attached hydrogen (secondary N) is 1. The number of rotatable bonds is 10. The van der Waals surface area contributed by atoms with E-state index in [1.165, 1.54) is 26.0 Å². The number of methoxy groups -OCH3 is 3. The molecule has 4 rings (SSSR count). The van der Waals surface area contributed by atoms with Crippen molar-refractivity contribution in [3.05, 3.63) is 95.7 Å². The van der Waals surface area contributed by atoms with Crippen molar-refractivity contribution < 1.29 is 33.3 Å². The summed E-state index contributed by atoms with van der Waals surface area (Å²) in [5.41, 5.74) is 1.99. The lowest BCUT2D eigenvalue weighted by Gasteiger charge is -2.12. The van der Waals surface area contributed by atoms with Crippen molar-refractivity contribution >= 4 is 17.8 Å². The first kappa shape index (κ1) is 26.9. The van der Waals surface area contributed by atoms with Crippen LogP contribution in [0.5, 0.6) is 11.5 Å². The van der Waals surface area contributed by atoms with E-state index >= 15 is 0 Å². The summed E-state index contributed by atoms with van der Waals surface area (Å²) >= 11 is 0. The van der Waals surface area contributed by atoms with Gasteiger partial charge in [-0.05, 0) is 35.9 Å². The second kappa shape index (κ2) is 12.4. The van der Waals surface area contributed by atoms with Gasteiger partial charge in [0.05, 0.1) is 27.0 Å². The minimum absolute atomic E-state index is 0.0655. The molecule has 0 saturated heterocycles. The first-order valence-corrected chi connectivity index (χ1v) is 11.9. The lowest BCUT2D eigenvalue weighted by molar-refractivity contribution is -0.123. The fraction of sp³-hybridized carbons (Fsp3) is 0.172. The van der Waals surface area contributed by atoms with E-state index in [-0.39, 0.29) is 29.5 Å². The van der Waals surface area contributed by atoms with Crippen molar-refractivity contribution in [1.29, 1.82) is 0 Å². The molecule has 1 N–H and O–H groups in total. The zero-order chi connectivity index (χ0) is 27.8. The van der Waals surface area contributed by atoms with Gasteiger partial charge in [0.15, 0.2) is 23.8 Å². The van der Waals surface area contributed by atoms with Crippen LogP contribution in [0, 0.1) is 0 Å². The summed E-state index contributed by atoms with van der Waals surface area (Å²) in [5, 5.41) is 7.37. The van der Waals surface area contributed by atoms with Crippen LogP contribution < -0.4 is 14.8 Å². The summed E-state index contributed by atoms with van der Waals surface area (Å²) in [6.45, 7) is 0.146. The number of ether oxygens (including phenoxy) is 4. The molecule has 0 saturated carbocycles. The highest BCUT2D eigenvalue weighted by atomic mass is 16.5. The molecule has 1 heterocycles. The van der Waals surface area contributed by atoms with Crippen LogP contribution in [0.15, 0.2) is 78.9 Å². The van der Waals surface area contributed by atoms with Gasteiger partial charge in [0.2, 0.25) is 0 Å². The summed E-state index contributed by atoms with van der Waals surface area (Å²) in [5.74, 6) is -1.21. The quantitative estimate of drug-likeness (QED) is 0.308. The summed E-state index contributed by atoms with van der Waals surface area (Å²) in [4.78, 5) is 38.0. The molecule has 10 nitrogen and oxygen atoms in total. The first-order chi connectivity index (χ1) is 19.0. The Kier molecular flexibility index (Phi) is 8.57. The summed E-state index contributed by atoms with van der Waals surface area (Å²) in [6.07, 6.45) is 0. The van der Waals surface area contributed by atoms with E-state index in [9.17, 15) is 14.4 Å². The standard InChI is InChI=1S/C29H27N3O7/c1-36-23-16-20(14-15-22(23)39-18-24(33)30-17-19-10-6-4-7-11-19)26-25(28(34)37-2)27(29(35)38-3)32(31-26)21-12-8-5-9-13-21/h4-16H,17-18H2,1-3H3,(H,30,33). The van der Waals surface area contributed by atoms with Crippen LogP contribution in [0.3, 0.4) is 0 Å².